The monoisotopic (exact) mass is 470 g/mol. The van der Waals surface area contributed by atoms with Crippen LogP contribution in [0.1, 0.15) is 103 Å². The van der Waals surface area contributed by atoms with Gasteiger partial charge in [0.05, 0.1) is 19.8 Å². The zero-order valence-electron chi connectivity index (χ0n) is 20.5. The van der Waals surface area contributed by atoms with E-state index in [9.17, 15) is 20.1 Å². The van der Waals surface area contributed by atoms with Gasteiger partial charge in [-0.15, -0.1) is 0 Å². The van der Waals surface area contributed by atoms with E-state index in [1.54, 1.807) is 0 Å². The van der Waals surface area contributed by atoms with Crippen LogP contribution in [0.5, 0.6) is 0 Å². The molecule has 0 saturated carbocycles. The van der Waals surface area contributed by atoms with Gasteiger partial charge >= 0.3 is 5.97 Å². The van der Waals surface area contributed by atoms with Crippen molar-refractivity contribution >= 4 is 5.97 Å². The maximum atomic E-state index is 12.4. The lowest BCUT2D eigenvalue weighted by molar-refractivity contribution is -0.301. The summed E-state index contributed by atoms with van der Waals surface area (Å²) in [5.74, 6) is -2.14. The van der Waals surface area contributed by atoms with Crippen molar-refractivity contribution in [2.24, 2.45) is 0 Å². The highest BCUT2D eigenvalue weighted by Gasteiger charge is 2.68. The fourth-order valence-corrected chi connectivity index (χ4v) is 4.79. The molecule has 7 heteroatoms. The Morgan fingerprint density at radius 1 is 0.939 bits per heavy atom. The molecule has 2 fully saturated rings. The molecular formula is C26H46O7. The molecule has 2 aliphatic rings. The first-order valence-corrected chi connectivity index (χ1v) is 13.1. The van der Waals surface area contributed by atoms with E-state index < -0.39 is 36.2 Å². The fourth-order valence-electron chi connectivity index (χ4n) is 4.79. The average Bonchev–Trinajstić information content (AvgIpc) is 3.32. The number of ether oxygens (including phenoxy) is 3. The summed E-state index contributed by atoms with van der Waals surface area (Å²) in [5.41, 5.74) is -1.48. The van der Waals surface area contributed by atoms with Crippen molar-refractivity contribution in [1.82, 2.24) is 0 Å². The summed E-state index contributed by atoms with van der Waals surface area (Å²) in [5, 5.41) is 30.2. The first-order valence-electron chi connectivity index (χ1n) is 13.1. The van der Waals surface area contributed by atoms with Gasteiger partial charge < -0.3 is 29.5 Å². The third-order valence-electron chi connectivity index (χ3n) is 6.89. The maximum absolute atomic E-state index is 12.4. The molecular weight excluding hydrogens is 424 g/mol. The van der Waals surface area contributed by atoms with Crippen LogP contribution in [0.15, 0.2) is 12.2 Å². The Balaban J connectivity index is 1.53. The number of rotatable bonds is 17. The lowest BCUT2D eigenvalue weighted by Gasteiger charge is -2.40. The van der Waals surface area contributed by atoms with Crippen LogP contribution >= 0.6 is 0 Å². The fraction of sp³-hybridized carbons (Fsp3) is 0.885. The molecule has 1 spiro atoms. The Morgan fingerprint density at radius 3 is 2.12 bits per heavy atom. The van der Waals surface area contributed by atoms with Crippen LogP contribution in [-0.2, 0) is 19.0 Å². The number of carbonyl (C=O) groups is 1. The number of esters is 1. The van der Waals surface area contributed by atoms with E-state index in [1.165, 1.54) is 51.4 Å². The molecule has 0 bridgehead atoms. The van der Waals surface area contributed by atoms with Crippen molar-refractivity contribution in [1.29, 1.82) is 0 Å². The molecule has 4 atom stereocenters. The molecule has 2 heterocycles. The van der Waals surface area contributed by atoms with Gasteiger partial charge in [-0.2, -0.15) is 0 Å². The molecule has 7 nitrogen and oxygen atoms in total. The highest BCUT2D eigenvalue weighted by Crippen LogP contribution is 2.46. The van der Waals surface area contributed by atoms with E-state index in [0.717, 1.165) is 25.7 Å². The first kappa shape index (κ1) is 28.2. The molecule has 0 aromatic heterocycles. The molecule has 0 amide bonds. The van der Waals surface area contributed by atoms with Crippen molar-refractivity contribution in [3.63, 3.8) is 0 Å². The summed E-state index contributed by atoms with van der Waals surface area (Å²) in [4.78, 5) is 12.4. The Labute approximate surface area is 199 Å². The summed E-state index contributed by atoms with van der Waals surface area (Å²) in [6.45, 7) is 1.76. The molecule has 0 aromatic rings. The van der Waals surface area contributed by atoms with Crippen molar-refractivity contribution in [3.05, 3.63) is 12.2 Å². The number of unbranched alkanes of at least 4 members (excludes halogenated alkanes) is 11. The SMILES string of the molecule is CCCCCCCCC=CCCCCCCCC(=O)O[C@@]1(CO)CCO[C@@]12OC[C@H](O)[C@H]2O. The summed E-state index contributed by atoms with van der Waals surface area (Å²) in [7, 11) is 0. The normalized spacial score (nSPS) is 29.5. The zero-order chi connectivity index (χ0) is 24.0. The minimum Gasteiger partial charge on any atom is -0.451 e. The minimum atomic E-state index is -1.70. The van der Waals surface area contributed by atoms with E-state index in [1.807, 2.05) is 0 Å². The van der Waals surface area contributed by atoms with Gasteiger partial charge in [-0.1, -0.05) is 70.4 Å². The predicted molar refractivity (Wildman–Crippen MR) is 127 cm³/mol. The topological polar surface area (TPSA) is 105 Å². The highest BCUT2D eigenvalue weighted by molar-refractivity contribution is 5.70. The molecule has 0 radical (unpaired) electrons. The molecule has 192 valence electrons. The van der Waals surface area contributed by atoms with Crippen LogP contribution < -0.4 is 0 Å². The molecule has 0 unspecified atom stereocenters. The van der Waals surface area contributed by atoms with Gasteiger partial charge in [-0.25, -0.2) is 0 Å². The van der Waals surface area contributed by atoms with Crippen LogP contribution in [0.2, 0.25) is 0 Å². The number of aliphatic hydroxyl groups excluding tert-OH is 3. The first-order chi connectivity index (χ1) is 16.0. The molecule has 2 aliphatic heterocycles. The van der Waals surface area contributed by atoms with Crippen LogP contribution in [0.3, 0.4) is 0 Å². The van der Waals surface area contributed by atoms with Gasteiger partial charge in [0.15, 0.2) is 5.60 Å². The maximum Gasteiger partial charge on any atom is 0.306 e. The second-order valence-corrected chi connectivity index (χ2v) is 9.55. The summed E-state index contributed by atoms with van der Waals surface area (Å²) < 4.78 is 16.7. The highest BCUT2D eigenvalue weighted by atomic mass is 16.8. The van der Waals surface area contributed by atoms with Crippen molar-refractivity contribution in [2.75, 3.05) is 19.8 Å². The lowest BCUT2D eigenvalue weighted by atomic mass is 9.88. The summed E-state index contributed by atoms with van der Waals surface area (Å²) >= 11 is 0. The second kappa shape index (κ2) is 15.1. The van der Waals surface area contributed by atoms with Crippen LogP contribution in [0, 0.1) is 0 Å². The predicted octanol–water partition coefficient (Wildman–Crippen LogP) is 4.17. The van der Waals surface area contributed by atoms with Crippen LogP contribution in [-0.4, -0.2) is 64.7 Å². The lowest BCUT2D eigenvalue weighted by Crippen LogP contribution is -2.62. The van der Waals surface area contributed by atoms with E-state index in [4.69, 9.17) is 14.2 Å². The third kappa shape index (κ3) is 8.03. The van der Waals surface area contributed by atoms with Gasteiger partial charge in [0.1, 0.15) is 12.2 Å². The quantitative estimate of drug-likeness (QED) is 0.166. The van der Waals surface area contributed by atoms with E-state index in [0.29, 0.717) is 6.42 Å². The minimum absolute atomic E-state index is 0.130. The second-order valence-electron chi connectivity index (χ2n) is 9.55. The number of allylic oxidation sites excluding steroid dienone is 2. The Morgan fingerprint density at radius 2 is 1.55 bits per heavy atom. The smallest absolute Gasteiger partial charge is 0.306 e. The van der Waals surface area contributed by atoms with E-state index in [2.05, 4.69) is 19.1 Å². The van der Waals surface area contributed by atoms with Crippen LogP contribution in [0.25, 0.3) is 0 Å². The number of aliphatic hydroxyl groups is 3. The summed E-state index contributed by atoms with van der Waals surface area (Å²) in [6, 6.07) is 0. The molecule has 2 rings (SSSR count). The Kier molecular flexibility index (Phi) is 12.9. The third-order valence-corrected chi connectivity index (χ3v) is 6.89. The molecule has 0 aromatic carbocycles. The van der Waals surface area contributed by atoms with Gasteiger partial charge in [0.25, 0.3) is 0 Å². The Bertz CT molecular complexity index is 581. The summed E-state index contributed by atoms with van der Waals surface area (Å²) in [6.07, 6.45) is 18.0. The number of hydrogen-bond donors (Lipinski definition) is 3. The van der Waals surface area contributed by atoms with E-state index >= 15 is 0 Å². The standard InChI is InChI=1S/C26H46O7/c1-2-3-4-5-6-7-8-9-10-11-12-13-14-15-16-17-23(29)33-25(21-27)18-19-31-26(25)24(30)22(28)20-32-26/h9-10,22,24,27-28,30H,2-8,11-21H2,1H3/t22-,24+,25+,26-/m0/s1. The van der Waals surface area contributed by atoms with Crippen LogP contribution in [0.4, 0.5) is 0 Å². The molecule has 3 N–H and O–H groups in total. The zero-order valence-corrected chi connectivity index (χ0v) is 20.5. The van der Waals surface area contributed by atoms with Crippen molar-refractivity contribution < 1.29 is 34.3 Å². The molecule has 2 saturated heterocycles. The van der Waals surface area contributed by atoms with E-state index in [-0.39, 0.29) is 26.1 Å². The van der Waals surface area contributed by atoms with Crippen molar-refractivity contribution in [2.45, 2.75) is 127 Å². The van der Waals surface area contributed by atoms with Gasteiger partial charge in [0, 0.05) is 12.8 Å². The molecule has 33 heavy (non-hydrogen) atoms. The van der Waals surface area contributed by atoms with Crippen molar-refractivity contribution in [3.8, 4) is 0 Å². The van der Waals surface area contributed by atoms with Gasteiger partial charge in [0.2, 0.25) is 5.79 Å². The Hall–Kier alpha value is -0.990. The number of hydrogen-bond acceptors (Lipinski definition) is 7. The van der Waals surface area contributed by atoms with Gasteiger partial charge in [-0.3, -0.25) is 4.79 Å². The average molecular weight is 471 g/mol. The number of carbonyl (C=O) groups excluding carboxylic acids is 1. The van der Waals surface area contributed by atoms with Gasteiger partial charge in [-0.05, 0) is 32.1 Å². The molecule has 0 aliphatic carbocycles. The largest absolute Gasteiger partial charge is 0.451 e.